The number of rotatable bonds is 4. The number of carboxylic acids is 1. The largest absolute Gasteiger partial charge is 0.481 e. The summed E-state index contributed by atoms with van der Waals surface area (Å²) < 4.78 is 0. The molecular formula is C4H10BNO4. The Bertz CT molecular complexity index is 118. The molecule has 5 N–H and O–H groups in total. The van der Waals surface area contributed by atoms with Crippen LogP contribution < -0.4 is 5.73 Å². The first kappa shape index (κ1) is 9.41. The zero-order valence-electron chi connectivity index (χ0n) is 5.40. The van der Waals surface area contributed by atoms with Gasteiger partial charge in [-0.1, -0.05) is 0 Å². The fourth-order valence-electron chi connectivity index (χ4n) is 0.439. The molecule has 1 atom stereocenters. The summed E-state index contributed by atoms with van der Waals surface area (Å²) in [5.74, 6) is -1.85. The fraction of sp³-hybridized carbons (Fsp3) is 0.750. The number of nitrogens with two attached hydrogens (primary N) is 1. The lowest BCUT2D eigenvalue weighted by Gasteiger charge is -2.06. The van der Waals surface area contributed by atoms with Crippen LogP contribution in [0.4, 0.5) is 0 Å². The van der Waals surface area contributed by atoms with Gasteiger partial charge < -0.3 is 20.9 Å². The van der Waals surface area contributed by atoms with Crippen LogP contribution in [-0.2, 0) is 4.79 Å². The molecule has 0 aliphatic rings. The van der Waals surface area contributed by atoms with Gasteiger partial charge in [-0.3, -0.25) is 4.79 Å². The second-order valence-corrected chi connectivity index (χ2v) is 2.01. The first-order chi connectivity index (χ1) is 4.54. The highest BCUT2D eigenvalue weighted by Gasteiger charge is 2.18. The Hall–Kier alpha value is -0.585. The fourth-order valence-corrected chi connectivity index (χ4v) is 0.439. The van der Waals surface area contributed by atoms with Crippen molar-refractivity contribution < 1.29 is 19.9 Å². The molecule has 5 nitrogen and oxygen atoms in total. The molecule has 10 heavy (non-hydrogen) atoms. The first-order valence-corrected chi connectivity index (χ1v) is 2.87. The van der Waals surface area contributed by atoms with Gasteiger partial charge in [-0.05, 0) is 6.42 Å². The van der Waals surface area contributed by atoms with Crippen molar-refractivity contribution in [3.05, 3.63) is 0 Å². The van der Waals surface area contributed by atoms with Gasteiger partial charge in [0.1, 0.15) is 0 Å². The maximum atomic E-state index is 9.91. The summed E-state index contributed by atoms with van der Waals surface area (Å²) in [6, 6.07) is 0. The molecule has 0 radical (unpaired) electrons. The summed E-state index contributed by atoms with van der Waals surface area (Å²) >= 11 is 0. The highest BCUT2D eigenvalue weighted by atomic mass is 16.4. The zero-order valence-corrected chi connectivity index (χ0v) is 5.40. The van der Waals surface area contributed by atoms with Crippen LogP contribution in [0, 0.1) is 0 Å². The summed E-state index contributed by atoms with van der Waals surface area (Å²) in [7, 11) is -1.63. The predicted molar refractivity (Wildman–Crippen MR) is 35.0 cm³/mol. The van der Waals surface area contributed by atoms with Crippen LogP contribution in [-0.4, -0.2) is 34.2 Å². The molecule has 1 unspecified atom stereocenters. The van der Waals surface area contributed by atoms with E-state index >= 15 is 0 Å². The number of carbonyl (C=O) groups is 1. The smallest absolute Gasteiger partial charge is 0.469 e. The molecule has 0 saturated heterocycles. The van der Waals surface area contributed by atoms with Crippen LogP contribution in [0.5, 0.6) is 0 Å². The number of carboxylic acid groups (broad SMARTS) is 1. The SMILES string of the molecule is NC(CCC(=O)O)B(O)O. The van der Waals surface area contributed by atoms with Crippen molar-refractivity contribution in [1.29, 1.82) is 0 Å². The van der Waals surface area contributed by atoms with Gasteiger partial charge in [-0.25, -0.2) is 0 Å². The molecule has 0 aromatic rings. The van der Waals surface area contributed by atoms with Crippen molar-refractivity contribution in [2.45, 2.75) is 18.8 Å². The Morgan fingerprint density at radius 1 is 1.60 bits per heavy atom. The lowest BCUT2D eigenvalue weighted by Crippen LogP contribution is -2.39. The van der Waals surface area contributed by atoms with E-state index in [1.54, 1.807) is 0 Å². The Balaban J connectivity index is 3.39. The zero-order chi connectivity index (χ0) is 8.15. The average molecular weight is 147 g/mol. The topological polar surface area (TPSA) is 104 Å². The van der Waals surface area contributed by atoms with Gasteiger partial charge in [0.2, 0.25) is 0 Å². The molecule has 0 aliphatic heterocycles. The lowest BCUT2D eigenvalue weighted by atomic mass is 9.78. The van der Waals surface area contributed by atoms with E-state index in [0.29, 0.717) is 0 Å². The van der Waals surface area contributed by atoms with Crippen molar-refractivity contribution in [2.24, 2.45) is 5.73 Å². The second-order valence-electron chi connectivity index (χ2n) is 2.01. The lowest BCUT2D eigenvalue weighted by molar-refractivity contribution is -0.137. The molecule has 6 heteroatoms. The van der Waals surface area contributed by atoms with Crippen LogP contribution in [0.2, 0.25) is 0 Å². The maximum absolute atomic E-state index is 9.91. The summed E-state index contributed by atoms with van der Waals surface area (Å²) in [5.41, 5.74) is 5.10. The maximum Gasteiger partial charge on any atom is 0.469 e. The molecule has 0 rings (SSSR count). The van der Waals surface area contributed by atoms with E-state index in [9.17, 15) is 4.79 Å². The van der Waals surface area contributed by atoms with Crippen molar-refractivity contribution in [3.8, 4) is 0 Å². The van der Waals surface area contributed by atoms with Gasteiger partial charge in [0.25, 0.3) is 0 Å². The van der Waals surface area contributed by atoms with Gasteiger partial charge in [-0.15, -0.1) is 0 Å². The van der Waals surface area contributed by atoms with E-state index in [1.165, 1.54) is 0 Å². The number of hydrogen-bond acceptors (Lipinski definition) is 4. The third kappa shape index (κ3) is 4.31. The van der Waals surface area contributed by atoms with Crippen LogP contribution in [0.25, 0.3) is 0 Å². The summed E-state index contributed by atoms with van der Waals surface area (Å²) in [6.07, 6.45) is -0.0637. The molecule has 0 aromatic heterocycles. The predicted octanol–water partition coefficient (Wildman–Crippen LogP) is -1.81. The third-order valence-corrected chi connectivity index (χ3v) is 1.07. The Morgan fingerprint density at radius 3 is 2.40 bits per heavy atom. The molecular weight excluding hydrogens is 137 g/mol. The van der Waals surface area contributed by atoms with Gasteiger partial charge in [-0.2, -0.15) is 0 Å². The standard InChI is InChI=1S/C4H10BNO4/c6-3(5(9)10)1-2-4(7)8/h3,9-10H,1-2,6H2,(H,7,8). The first-order valence-electron chi connectivity index (χ1n) is 2.87. The molecule has 0 spiro atoms. The van der Waals surface area contributed by atoms with Gasteiger partial charge >= 0.3 is 13.1 Å². The van der Waals surface area contributed by atoms with Crippen LogP contribution in [0.15, 0.2) is 0 Å². The Labute approximate surface area is 58.6 Å². The van der Waals surface area contributed by atoms with E-state index in [4.69, 9.17) is 20.9 Å². The minimum atomic E-state index is -1.63. The van der Waals surface area contributed by atoms with Gasteiger partial charge in [0.15, 0.2) is 0 Å². The monoisotopic (exact) mass is 147 g/mol. The van der Waals surface area contributed by atoms with Crippen LogP contribution in [0.1, 0.15) is 12.8 Å². The Morgan fingerprint density at radius 2 is 2.10 bits per heavy atom. The molecule has 0 aromatic carbocycles. The highest BCUT2D eigenvalue weighted by Crippen LogP contribution is 1.94. The molecule has 0 saturated carbocycles. The second kappa shape index (κ2) is 4.27. The summed E-state index contributed by atoms with van der Waals surface area (Å²) in [4.78, 5) is 9.91. The molecule has 0 aliphatic carbocycles. The molecule has 58 valence electrons. The average Bonchev–Trinajstić information content (AvgIpc) is 1.82. The molecule has 0 bridgehead atoms. The van der Waals surface area contributed by atoms with Crippen molar-refractivity contribution in [3.63, 3.8) is 0 Å². The quantitative estimate of drug-likeness (QED) is 0.351. The van der Waals surface area contributed by atoms with Gasteiger partial charge in [0.05, 0.1) is 0 Å². The Kier molecular flexibility index (Phi) is 4.02. The minimum Gasteiger partial charge on any atom is -0.481 e. The molecule has 0 heterocycles. The normalized spacial score (nSPS) is 12.7. The van der Waals surface area contributed by atoms with Crippen molar-refractivity contribution >= 4 is 13.1 Å². The number of aliphatic carboxylic acids is 1. The molecule has 0 amide bonds. The minimum absolute atomic E-state index is 0.0764. The van der Waals surface area contributed by atoms with Crippen molar-refractivity contribution in [1.82, 2.24) is 0 Å². The van der Waals surface area contributed by atoms with Crippen molar-refractivity contribution in [2.75, 3.05) is 0 Å². The van der Waals surface area contributed by atoms with E-state index in [2.05, 4.69) is 0 Å². The summed E-state index contributed by atoms with van der Waals surface area (Å²) in [5, 5.41) is 24.9. The van der Waals surface area contributed by atoms with Gasteiger partial charge in [0, 0.05) is 12.4 Å². The molecule has 0 fully saturated rings. The number of hydrogen-bond donors (Lipinski definition) is 4. The van der Waals surface area contributed by atoms with E-state index in [1.807, 2.05) is 0 Å². The highest BCUT2D eigenvalue weighted by molar-refractivity contribution is 6.43. The third-order valence-electron chi connectivity index (χ3n) is 1.07. The van der Waals surface area contributed by atoms with Crippen LogP contribution >= 0.6 is 0 Å². The van der Waals surface area contributed by atoms with E-state index in [0.717, 1.165) is 0 Å². The van der Waals surface area contributed by atoms with E-state index in [-0.39, 0.29) is 12.8 Å². The van der Waals surface area contributed by atoms with Crippen LogP contribution in [0.3, 0.4) is 0 Å². The van der Waals surface area contributed by atoms with E-state index < -0.39 is 19.0 Å². The summed E-state index contributed by atoms with van der Waals surface area (Å²) in [6.45, 7) is 0.